The number of hydrogen-bond donors (Lipinski definition) is 3. The fraction of sp³-hybridized carbons (Fsp3) is 0.458. The Bertz CT molecular complexity index is 874. The number of thioether (sulfide) groups is 1. The molecule has 0 saturated carbocycles. The van der Waals surface area contributed by atoms with Crippen molar-refractivity contribution in [2.75, 3.05) is 5.75 Å². The highest BCUT2D eigenvalue weighted by molar-refractivity contribution is 7.99. The van der Waals surface area contributed by atoms with E-state index in [-0.39, 0.29) is 11.5 Å². The van der Waals surface area contributed by atoms with Crippen LogP contribution in [-0.2, 0) is 6.42 Å². The van der Waals surface area contributed by atoms with Gasteiger partial charge in [-0.15, -0.1) is 11.8 Å². The monoisotopic (exact) mass is 416 g/mol. The van der Waals surface area contributed by atoms with Gasteiger partial charge in [0.05, 0.1) is 17.8 Å². The first-order valence-electron chi connectivity index (χ1n) is 10.1. The topological polar surface area (TPSA) is 77.8 Å². The molecule has 5 heteroatoms. The summed E-state index contributed by atoms with van der Waals surface area (Å²) in [6.07, 6.45) is 1.03. The lowest BCUT2D eigenvalue weighted by molar-refractivity contribution is 0.101. The van der Waals surface area contributed by atoms with Gasteiger partial charge < -0.3 is 15.3 Å². The first kappa shape index (κ1) is 23.5. The fourth-order valence-electron chi connectivity index (χ4n) is 3.64. The van der Waals surface area contributed by atoms with Crippen LogP contribution in [0, 0.1) is 13.8 Å². The Labute approximate surface area is 178 Å². The maximum absolute atomic E-state index is 11.7. The zero-order valence-electron chi connectivity index (χ0n) is 18.0. The van der Waals surface area contributed by atoms with Crippen molar-refractivity contribution in [2.24, 2.45) is 0 Å². The quantitative estimate of drug-likeness (QED) is 0.375. The normalized spacial score (nSPS) is 13.3. The number of aliphatic hydroxyl groups is 2. The molecule has 0 aromatic heterocycles. The number of phenolic OH excluding ortho intramolecular Hbond substituents is 1. The molecule has 0 fully saturated rings. The van der Waals surface area contributed by atoms with E-state index in [0.717, 1.165) is 39.1 Å². The average molecular weight is 417 g/mol. The standard InChI is InChI=1S/C24H32O4S/c1-6-7-21-23(11-10-20(17(5)26)24(21)28)29-13-12-22(27)19-9-8-18(16(4)25)14(2)15(19)3/h8-11,16,22,25,27-28H,6-7,12-13H2,1-5H3. The van der Waals surface area contributed by atoms with Crippen LogP contribution in [0.25, 0.3) is 0 Å². The first-order chi connectivity index (χ1) is 13.7. The van der Waals surface area contributed by atoms with E-state index >= 15 is 0 Å². The Morgan fingerprint density at radius 1 is 1.07 bits per heavy atom. The summed E-state index contributed by atoms with van der Waals surface area (Å²) in [5.41, 5.74) is 4.97. The van der Waals surface area contributed by atoms with Crippen LogP contribution < -0.4 is 0 Å². The molecule has 158 valence electrons. The highest BCUT2D eigenvalue weighted by Gasteiger charge is 2.18. The van der Waals surface area contributed by atoms with Crippen LogP contribution in [0.4, 0.5) is 0 Å². The zero-order chi connectivity index (χ0) is 21.7. The highest BCUT2D eigenvalue weighted by atomic mass is 32.2. The molecule has 2 atom stereocenters. The van der Waals surface area contributed by atoms with Crippen LogP contribution in [0.15, 0.2) is 29.2 Å². The number of carbonyl (C=O) groups excluding carboxylic acids is 1. The number of benzene rings is 2. The van der Waals surface area contributed by atoms with Crippen molar-refractivity contribution >= 4 is 17.5 Å². The summed E-state index contributed by atoms with van der Waals surface area (Å²) in [6.45, 7) is 9.19. The summed E-state index contributed by atoms with van der Waals surface area (Å²) < 4.78 is 0. The molecule has 0 aliphatic rings. The summed E-state index contributed by atoms with van der Waals surface area (Å²) >= 11 is 1.59. The first-order valence-corrected chi connectivity index (χ1v) is 11.1. The third-order valence-corrected chi connectivity index (χ3v) is 6.58. The predicted octanol–water partition coefficient (Wildman–Crippen LogP) is 5.43. The second-order valence-electron chi connectivity index (χ2n) is 7.57. The molecule has 0 bridgehead atoms. The molecule has 2 aromatic carbocycles. The Hall–Kier alpha value is -1.82. The zero-order valence-corrected chi connectivity index (χ0v) is 18.8. The van der Waals surface area contributed by atoms with E-state index in [0.29, 0.717) is 24.2 Å². The molecule has 3 N–H and O–H groups in total. The van der Waals surface area contributed by atoms with Crippen molar-refractivity contribution in [3.8, 4) is 5.75 Å². The van der Waals surface area contributed by atoms with Crippen molar-refractivity contribution in [3.63, 3.8) is 0 Å². The van der Waals surface area contributed by atoms with E-state index < -0.39 is 12.2 Å². The second-order valence-corrected chi connectivity index (χ2v) is 8.70. The van der Waals surface area contributed by atoms with Gasteiger partial charge in [0, 0.05) is 16.2 Å². The lowest BCUT2D eigenvalue weighted by Crippen LogP contribution is -2.06. The molecular weight excluding hydrogens is 384 g/mol. The minimum absolute atomic E-state index is 0.0880. The van der Waals surface area contributed by atoms with Gasteiger partial charge in [-0.1, -0.05) is 25.5 Å². The van der Waals surface area contributed by atoms with E-state index in [9.17, 15) is 20.1 Å². The molecule has 4 nitrogen and oxygen atoms in total. The van der Waals surface area contributed by atoms with Crippen LogP contribution in [-0.4, -0.2) is 26.9 Å². The highest BCUT2D eigenvalue weighted by Crippen LogP contribution is 2.35. The number of hydrogen-bond acceptors (Lipinski definition) is 5. The molecular formula is C24H32O4S. The number of carbonyl (C=O) groups is 1. The molecule has 0 aliphatic heterocycles. The molecule has 29 heavy (non-hydrogen) atoms. The van der Waals surface area contributed by atoms with Gasteiger partial charge in [0.15, 0.2) is 5.78 Å². The molecule has 0 radical (unpaired) electrons. The maximum atomic E-state index is 11.7. The maximum Gasteiger partial charge on any atom is 0.163 e. The third kappa shape index (κ3) is 5.41. The lowest BCUT2D eigenvalue weighted by atomic mass is 9.92. The minimum atomic E-state index is -0.594. The van der Waals surface area contributed by atoms with Crippen molar-refractivity contribution < 1.29 is 20.1 Å². The number of Topliss-reactive ketones (excluding diaryl/α,β-unsaturated/α-hetero) is 1. The molecule has 0 aliphatic carbocycles. The van der Waals surface area contributed by atoms with Crippen LogP contribution in [0.3, 0.4) is 0 Å². The van der Waals surface area contributed by atoms with Crippen molar-refractivity contribution in [2.45, 2.75) is 71.0 Å². The van der Waals surface area contributed by atoms with Crippen molar-refractivity contribution in [3.05, 3.63) is 57.6 Å². The van der Waals surface area contributed by atoms with E-state index in [1.54, 1.807) is 24.8 Å². The second kappa shape index (κ2) is 10.3. The average Bonchev–Trinajstić information content (AvgIpc) is 2.65. The molecule has 0 saturated heterocycles. The third-order valence-electron chi connectivity index (χ3n) is 5.45. The van der Waals surface area contributed by atoms with Crippen molar-refractivity contribution in [1.29, 1.82) is 0 Å². The number of aromatic hydroxyl groups is 1. The Morgan fingerprint density at radius 2 is 1.69 bits per heavy atom. The number of phenols is 1. The summed E-state index contributed by atoms with van der Waals surface area (Å²) in [5, 5.41) is 31.1. The van der Waals surface area contributed by atoms with Crippen LogP contribution in [0.2, 0.25) is 0 Å². The van der Waals surface area contributed by atoms with Crippen LogP contribution >= 0.6 is 11.8 Å². The summed E-state index contributed by atoms with van der Waals surface area (Å²) in [4.78, 5) is 12.7. The predicted molar refractivity (Wildman–Crippen MR) is 119 cm³/mol. The SMILES string of the molecule is CCCc1c(SCCC(O)c2ccc(C(C)O)c(C)c2C)ccc(C(C)=O)c1O. The summed E-state index contributed by atoms with van der Waals surface area (Å²) in [6, 6.07) is 7.36. The van der Waals surface area contributed by atoms with Gasteiger partial charge >= 0.3 is 0 Å². The van der Waals surface area contributed by atoms with Gasteiger partial charge in [0.25, 0.3) is 0 Å². The Morgan fingerprint density at radius 3 is 2.28 bits per heavy atom. The lowest BCUT2D eigenvalue weighted by Gasteiger charge is -2.19. The molecule has 2 unspecified atom stereocenters. The molecule has 0 spiro atoms. The Kier molecular flexibility index (Phi) is 8.32. The van der Waals surface area contributed by atoms with Crippen LogP contribution in [0.1, 0.15) is 84.0 Å². The van der Waals surface area contributed by atoms with Gasteiger partial charge in [-0.05, 0) is 74.9 Å². The Balaban J connectivity index is 2.13. The van der Waals surface area contributed by atoms with E-state index in [1.165, 1.54) is 6.92 Å². The van der Waals surface area contributed by atoms with Gasteiger partial charge in [0.1, 0.15) is 5.75 Å². The largest absolute Gasteiger partial charge is 0.507 e. The summed E-state index contributed by atoms with van der Waals surface area (Å²) in [5.74, 6) is 0.635. The number of ketones is 1. The van der Waals surface area contributed by atoms with Crippen molar-refractivity contribution in [1.82, 2.24) is 0 Å². The summed E-state index contributed by atoms with van der Waals surface area (Å²) in [7, 11) is 0. The van der Waals surface area contributed by atoms with Gasteiger partial charge in [-0.3, -0.25) is 4.79 Å². The molecule has 0 amide bonds. The minimum Gasteiger partial charge on any atom is -0.507 e. The van der Waals surface area contributed by atoms with Gasteiger partial charge in [-0.2, -0.15) is 0 Å². The van der Waals surface area contributed by atoms with Gasteiger partial charge in [0.2, 0.25) is 0 Å². The fourth-order valence-corrected chi connectivity index (χ4v) is 4.74. The van der Waals surface area contributed by atoms with Crippen LogP contribution in [0.5, 0.6) is 5.75 Å². The van der Waals surface area contributed by atoms with E-state index in [1.807, 2.05) is 39.0 Å². The van der Waals surface area contributed by atoms with E-state index in [4.69, 9.17) is 0 Å². The van der Waals surface area contributed by atoms with Gasteiger partial charge in [-0.25, -0.2) is 0 Å². The molecule has 2 aromatic rings. The molecule has 0 heterocycles. The number of aliphatic hydroxyl groups excluding tert-OH is 2. The molecule has 2 rings (SSSR count). The smallest absolute Gasteiger partial charge is 0.163 e. The van der Waals surface area contributed by atoms with E-state index in [2.05, 4.69) is 0 Å². The number of rotatable bonds is 9.